The molecule has 1 N–H and O–H groups in total. The van der Waals surface area contributed by atoms with Gasteiger partial charge in [-0.1, -0.05) is 12.1 Å². The van der Waals surface area contributed by atoms with Crippen molar-refractivity contribution in [2.45, 2.75) is 52.0 Å². The summed E-state index contributed by atoms with van der Waals surface area (Å²) in [6, 6.07) is 5.82. The Kier molecular flexibility index (Phi) is 4.81. The third-order valence-corrected chi connectivity index (χ3v) is 3.50. The highest BCUT2D eigenvalue weighted by Gasteiger charge is 2.20. The molecule has 0 spiro atoms. The Balaban J connectivity index is 1.88. The molecular weight excluding hydrogens is 250 g/mol. The summed E-state index contributed by atoms with van der Waals surface area (Å²) in [7, 11) is 0. The van der Waals surface area contributed by atoms with Gasteiger partial charge in [0.2, 0.25) is 0 Å². The maximum absolute atomic E-state index is 11.9. The van der Waals surface area contributed by atoms with Gasteiger partial charge in [-0.15, -0.1) is 0 Å². The largest absolute Gasteiger partial charge is 0.493 e. The summed E-state index contributed by atoms with van der Waals surface area (Å²) in [5.41, 5.74) is 2.12. The van der Waals surface area contributed by atoms with Crippen molar-refractivity contribution in [2.24, 2.45) is 0 Å². The fourth-order valence-corrected chi connectivity index (χ4v) is 2.50. The van der Waals surface area contributed by atoms with Gasteiger partial charge in [0, 0.05) is 23.1 Å². The quantitative estimate of drug-likeness (QED) is 0.837. The number of carbonyl (C=O) groups is 1. The molecule has 0 aromatic heterocycles. The maximum Gasteiger partial charge on any atom is 0.163 e. The second-order valence-electron chi connectivity index (χ2n) is 6.44. The van der Waals surface area contributed by atoms with Crippen molar-refractivity contribution < 1.29 is 9.53 Å². The first-order valence-corrected chi connectivity index (χ1v) is 7.50. The molecule has 1 aliphatic carbocycles. The minimum absolute atomic E-state index is 0.151. The molecule has 0 amide bonds. The molecule has 0 bridgehead atoms. The van der Waals surface area contributed by atoms with Crippen LogP contribution in [0, 0.1) is 0 Å². The first-order chi connectivity index (χ1) is 9.47. The summed E-state index contributed by atoms with van der Waals surface area (Å²) in [5.74, 6) is 1.15. The van der Waals surface area contributed by atoms with E-state index >= 15 is 0 Å². The molecule has 20 heavy (non-hydrogen) atoms. The standard InChI is InChI=1S/C17H25NO2/c1-17(2,3)18-11-6-12-20-16-10-5-7-13-14(16)8-4-9-15(13)19/h5,7,10,18H,4,6,8-9,11-12H2,1-3H3. The third kappa shape index (κ3) is 4.07. The van der Waals surface area contributed by atoms with Crippen molar-refractivity contribution >= 4 is 5.78 Å². The second-order valence-corrected chi connectivity index (χ2v) is 6.44. The predicted molar refractivity (Wildman–Crippen MR) is 81.6 cm³/mol. The van der Waals surface area contributed by atoms with Crippen molar-refractivity contribution in [2.75, 3.05) is 13.2 Å². The fourth-order valence-electron chi connectivity index (χ4n) is 2.50. The average Bonchev–Trinajstić information content (AvgIpc) is 2.38. The molecule has 3 nitrogen and oxygen atoms in total. The van der Waals surface area contributed by atoms with Crippen LogP contribution in [0.25, 0.3) is 0 Å². The molecule has 3 heteroatoms. The summed E-state index contributed by atoms with van der Waals surface area (Å²) in [6.45, 7) is 8.11. The number of benzene rings is 1. The van der Waals surface area contributed by atoms with Gasteiger partial charge < -0.3 is 10.1 Å². The minimum atomic E-state index is 0.151. The van der Waals surface area contributed by atoms with Crippen LogP contribution in [0.15, 0.2) is 18.2 Å². The molecule has 0 atom stereocenters. The Morgan fingerprint density at radius 2 is 2.05 bits per heavy atom. The molecule has 110 valence electrons. The number of nitrogens with one attached hydrogen (secondary N) is 1. The van der Waals surface area contributed by atoms with E-state index in [-0.39, 0.29) is 11.3 Å². The predicted octanol–water partition coefficient (Wildman–Crippen LogP) is 3.36. The Morgan fingerprint density at radius 3 is 2.80 bits per heavy atom. The molecule has 0 saturated heterocycles. The van der Waals surface area contributed by atoms with E-state index in [4.69, 9.17) is 4.74 Å². The van der Waals surface area contributed by atoms with Gasteiger partial charge in [-0.25, -0.2) is 0 Å². The van der Waals surface area contributed by atoms with Crippen LogP contribution in [0.3, 0.4) is 0 Å². The van der Waals surface area contributed by atoms with E-state index in [1.807, 2.05) is 18.2 Å². The summed E-state index contributed by atoms with van der Waals surface area (Å²) < 4.78 is 5.88. The van der Waals surface area contributed by atoms with Gasteiger partial charge in [0.05, 0.1) is 6.61 Å². The molecule has 0 radical (unpaired) electrons. The molecule has 0 fully saturated rings. The molecule has 0 aliphatic heterocycles. The number of hydrogen-bond donors (Lipinski definition) is 1. The zero-order valence-electron chi connectivity index (χ0n) is 12.8. The van der Waals surface area contributed by atoms with Gasteiger partial charge in [-0.3, -0.25) is 4.79 Å². The van der Waals surface area contributed by atoms with Gasteiger partial charge in [0.15, 0.2) is 5.78 Å². The number of ketones is 1. The molecule has 1 aromatic rings. The van der Waals surface area contributed by atoms with Crippen LogP contribution in [-0.4, -0.2) is 24.5 Å². The van der Waals surface area contributed by atoms with Crippen LogP contribution in [0.2, 0.25) is 0 Å². The van der Waals surface area contributed by atoms with Crippen LogP contribution in [0.5, 0.6) is 5.75 Å². The summed E-state index contributed by atoms with van der Waals surface area (Å²) in [5, 5.41) is 3.44. The van der Waals surface area contributed by atoms with Crippen LogP contribution in [-0.2, 0) is 6.42 Å². The van der Waals surface area contributed by atoms with Crippen molar-refractivity contribution in [1.29, 1.82) is 0 Å². The fraction of sp³-hybridized carbons (Fsp3) is 0.588. The molecule has 2 rings (SSSR count). The van der Waals surface area contributed by atoms with Gasteiger partial charge in [0.25, 0.3) is 0 Å². The van der Waals surface area contributed by atoms with E-state index in [1.54, 1.807) is 0 Å². The monoisotopic (exact) mass is 275 g/mol. The number of Topliss-reactive ketones (excluding diaryl/α,β-unsaturated/α-hetero) is 1. The first kappa shape index (κ1) is 15.0. The lowest BCUT2D eigenvalue weighted by atomic mass is 9.90. The lowest BCUT2D eigenvalue weighted by molar-refractivity contribution is 0.0971. The molecule has 0 saturated carbocycles. The van der Waals surface area contributed by atoms with E-state index in [9.17, 15) is 4.79 Å². The average molecular weight is 275 g/mol. The smallest absolute Gasteiger partial charge is 0.163 e. The van der Waals surface area contributed by atoms with Crippen LogP contribution >= 0.6 is 0 Å². The summed E-state index contributed by atoms with van der Waals surface area (Å²) in [4.78, 5) is 11.9. The minimum Gasteiger partial charge on any atom is -0.493 e. The number of fused-ring (bicyclic) bond motifs is 1. The molecular formula is C17H25NO2. The second kappa shape index (κ2) is 6.40. The third-order valence-electron chi connectivity index (χ3n) is 3.50. The van der Waals surface area contributed by atoms with Gasteiger partial charge >= 0.3 is 0 Å². The van der Waals surface area contributed by atoms with Crippen molar-refractivity contribution in [3.05, 3.63) is 29.3 Å². The lowest BCUT2D eigenvalue weighted by Gasteiger charge is -2.21. The van der Waals surface area contributed by atoms with E-state index in [0.29, 0.717) is 13.0 Å². The van der Waals surface area contributed by atoms with Gasteiger partial charge in [0.1, 0.15) is 5.75 Å². The zero-order chi connectivity index (χ0) is 14.6. The highest BCUT2D eigenvalue weighted by Crippen LogP contribution is 2.29. The molecule has 0 unspecified atom stereocenters. The SMILES string of the molecule is CC(C)(C)NCCCOc1cccc2c1CCCC2=O. The molecule has 0 heterocycles. The van der Waals surface area contributed by atoms with Crippen LogP contribution in [0.4, 0.5) is 0 Å². The number of rotatable bonds is 5. The highest BCUT2D eigenvalue weighted by molar-refractivity contribution is 5.99. The Labute approximate surface area is 121 Å². The lowest BCUT2D eigenvalue weighted by Crippen LogP contribution is -2.36. The Hall–Kier alpha value is -1.35. The van der Waals surface area contributed by atoms with Crippen molar-refractivity contribution in [3.8, 4) is 5.75 Å². The van der Waals surface area contributed by atoms with E-state index < -0.39 is 0 Å². The van der Waals surface area contributed by atoms with E-state index in [2.05, 4.69) is 26.1 Å². The zero-order valence-corrected chi connectivity index (χ0v) is 12.8. The normalized spacial score (nSPS) is 15.1. The van der Waals surface area contributed by atoms with Crippen molar-refractivity contribution in [3.63, 3.8) is 0 Å². The van der Waals surface area contributed by atoms with Gasteiger partial charge in [-0.05, 0) is 52.6 Å². The summed E-state index contributed by atoms with van der Waals surface area (Å²) >= 11 is 0. The number of carbonyl (C=O) groups excluding carboxylic acids is 1. The highest BCUT2D eigenvalue weighted by atomic mass is 16.5. The Bertz CT molecular complexity index is 474. The van der Waals surface area contributed by atoms with Crippen LogP contribution < -0.4 is 10.1 Å². The summed E-state index contributed by atoms with van der Waals surface area (Å²) in [6.07, 6.45) is 3.54. The van der Waals surface area contributed by atoms with Crippen molar-refractivity contribution in [1.82, 2.24) is 5.32 Å². The van der Waals surface area contributed by atoms with E-state index in [1.165, 1.54) is 0 Å². The first-order valence-electron chi connectivity index (χ1n) is 7.50. The van der Waals surface area contributed by atoms with Crippen LogP contribution in [0.1, 0.15) is 56.0 Å². The topological polar surface area (TPSA) is 38.3 Å². The molecule has 1 aliphatic rings. The molecule has 1 aromatic carbocycles. The van der Waals surface area contributed by atoms with E-state index in [0.717, 1.165) is 42.7 Å². The number of hydrogen-bond acceptors (Lipinski definition) is 3. The number of ether oxygens (including phenoxy) is 1. The Morgan fingerprint density at radius 1 is 1.25 bits per heavy atom. The maximum atomic E-state index is 11.9. The van der Waals surface area contributed by atoms with Gasteiger partial charge in [-0.2, -0.15) is 0 Å².